The molecule has 0 bridgehead atoms. The predicted octanol–water partition coefficient (Wildman–Crippen LogP) is 2.63. The average Bonchev–Trinajstić information content (AvgIpc) is 3.08. The van der Waals surface area contributed by atoms with Crippen LogP contribution in [0.4, 0.5) is 0 Å². The smallest absolute Gasteiger partial charge is 0.246 e. The quantitative estimate of drug-likeness (QED) is 0.860. The highest BCUT2D eigenvalue weighted by molar-refractivity contribution is 5.06. The molecule has 0 amide bonds. The maximum absolute atomic E-state index is 5.92. The molecule has 1 fully saturated rings. The van der Waals surface area contributed by atoms with Gasteiger partial charge in [0.1, 0.15) is 11.8 Å². The number of oxazole rings is 1. The Morgan fingerprint density at radius 2 is 2.13 bits per heavy atom. The molecule has 2 atom stereocenters. The Kier molecular flexibility index (Phi) is 4.25. The highest BCUT2D eigenvalue weighted by Gasteiger charge is 2.36. The van der Waals surface area contributed by atoms with Gasteiger partial charge in [-0.1, -0.05) is 25.9 Å². The molecule has 126 valence electrons. The van der Waals surface area contributed by atoms with E-state index in [1.807, 2.05) is 20.0 Å². The van der Waals surface area contributed by atoms with Gasteiger partial charge in [0.05, 0.1) is 25.5 Å². The molecule has 2 aromatic rings. The molecule has 7 heteroatoms. The van der Waals surface area contributed by atoms with Gasteiger partial charge in [-0.15, -0.1) is 0 Å². The summed E-state index contributed by atoms with van der Waals surface area (Å²) in [5.74, 6) is 2.80. The first kappa shape index (κ1) is 16.1. The Balaban J connectivity index is 1.80. The molecule has 1 aliphatic heterocycles. The Bertz CT molecular complexity index is 658. The lowest BCUT2D eigenvalue weighted by atomic mass is 9.94. The van der Waals surface area contributed by atoms with E-state index >= 15 is 0 Å². The third kappa shape index (κ3) is 3.45. The monoisotopic (exact) mass is 320 g/mol. The third-order valence-electron chi connectivity index (χ3n) is 4.02. The lowest BCUT2D eigenvalue weighted by Gasteiger charge is -2.36. The highest BCUT2D eigenvalue weighted by Crippen LogP contribution is 2.30. The lowest BCUT2D eigenvalue weighted by Crippen LogP contribution is -2.43. The van der Waals surface area contributed by atoms with Crippen LogP contribution in [0.25, 0.3) is 0 Å². The number of aryl methyl sites for hydroxylation is 1. The molecule has 0 saturated carbocycles. The standard InChI is InChI=1S/C16H24N4O3/c1-10-14(15-18-11(2)19-23-15)20(6-7-21-10)9-13-17-8-12(22-13)16(3,4)5/h8,10,14H,6-7,9H2,1-5H3/t10-,14+/m1/s1. The molecule has 0 radical (unpaired) electrons. The Hall–Kier alpha value is -1.73. The normalized spacial score (nSPS) is 23.3. The van der Waals surface area contributed by atoms with Crippen molar-refractivity contribution in [3.8, 4) is 0 Å². The second kappa shape index (κ2) is 6.05. The number of hydrogen-bond acceptors (Lipinski definition) is 7. The van der Waals surface area contributed by atoms with E-state index in [0.717, 1.165) is 12.3 Å². The second-order valence-corrected chi connectivity index (χ2v) is 7.04. The van der Waals surface area contributed by atoms with Crippen LogP contribution in [0, 0.1) is 6.92 Å². The molecule has 3 heterocycles. The topological polar surface area (TPSA) is 77.4 Å². The molecule has 0 aromatic carbocycles. The van der Waals surface area contributed by atoms with Crippen LogP contribution in [0.1, 0.15) is 57.1 Å². The number of aromatic nitrogens is 3. The van der Waals surface area contributed by atoms with E-state index in [2.05, 4.69) is 40.8 Å². The summed E-state index contributed by atoms with van der Waals surface area (Å²) >= 11 is 0. The van der Waals surface area contributed by atoms with Gasteiger partial charge in [0.15, 0.2) is 5.82 Å². The molecule has 2 aromatic heterocycles. The SMILES string of the molecule is Cc1noc([C@@H]2[C@@H](C)OCCN2Cc2ncc(C(C)(C)C)o2)n1. The first-order valence-electron chi connectivity index (χ1n) is 7.95. The van der Waals surface area contributed by atoms with Crippen LogP contribution >= 0.6 is 0 Å². The lowest BCUT2D eigenvalue weighted by molar-refractivity contribution is -0.0787. The number of rotatable bonds is 3. The van der Waals surface area contributed by atoms with Crippen molar-refractivity contribution >= 4 is 0 Å². The van der Waals surface area contributed by atoms with Crippen molar-refractivity contribution < 1.29 is 13.7 Å². The van der Waals surface area contributed by atoms with Crippen LogP contribution in [-0.2, 0) is 16.7 Å². The Morgan fingerprint density at radius 3 is 2.74 bits per heavy atom. The highest BCUT2D eigenvalue weighted by atomic mass is 16.5. The fourth-order valence-electron chi connectivity index (χ4n) is 2.75. The molecule has 0 aliphatic carbocycles. The van der Waals surface area contributed by atoms with Crippen molar-refractivity contribution in [2.24, 2.45) is 0 Å². The molecule has 0 spiro atoms. The summed E-state index contributed by atoms with van der Waals surface area (Å²) in [4.78, 5) is 11.0. The van der Waals surface area contributed by atoms with Gasteiger partial charge < -0.3 is 13.7 Å². The first-order chi connectivity index (χ1) is 10.8. The summed E-state index contributed by atoms with van der Waals surface area (Å²) in [5.41, 5.74) is -0.0491. The van der Waals surface area contributed by atoms with Crippen molar-refractivity contribution in [3.63, 3.8) is 0 Å². The molecule has 3 rings (SSSR count). The average molecular weight is 320 g/mol. The molecule has 1 saturated heterocycles. The maximum Gasteiger partial charge on any atom is 0.246 e. The van der Waals surface area contributed by atoms with Gasteiger partial charge in [0, 0.05) is 12.0 Å². The zero-order valence-electron chi connectivity index (χ0n) is 14.4. The molecule has 7 nitrogen and oxygen atoms in total. The van der Waals surface area contributed by atoms with Gasteiger partial charge in [-0.3, -0.25) is 4.90 Å². The van der Waals surface area contributed by atoms with E-state index in [4.69, 9.17) is 13.7 Å². The minimum atomic E-state index is -0.0880. The van der Waals surface area contributed by atoms with Gasteiger partial charge in [-0.25, -0.2) is 4.98 Å². The van der Waals surface area contributed by atoms with Gasteiger partial charge >= 0.3 is 0 Å². The van der Waals surface area contributed by atoms with Crippen molar-refractivity contribution in [3.05, 3.63) is 29.6 Å². The zero-order valence-corrected chi connectivity index (χ0v) is 14.4. The largest absolute Gasteiger partial charge is 0.444 e. The second-order valence-electron chi connectivity index (χ2n) is 7.04. The van der Waals surface area contributed by atoms with Crippen LogP contribution in [0.2, 0.25) is 0 Å². The number of ether oxygens (including phenoxy) is 1. The van der Waals surface area contributed by atoms with E-state index < -0.39 is 0 Å². The molecular formula is C16H24N4O3. The Morgan fingerprint density at radius 1 is 1.35 bits per heavy atom. The predicted molar refractivity (Wildman–Crippen MR) is 82.8 cm³/mol. The number of nitrogens with zero attached hydrogens (tertiary/aromatic N) is 4. The van der Waals surface area contributed by atoms with E-state index in [9.17, 15) is 0 Å². The molecule has 23 heavy (non-hydrogen) atoms. The summed E-state index contributed by atoms with van der Waals surface area (Å²) in [6, 6.07) is -0.0880. The van der Waals surface area contributed by atoms with E-state index in [0.29, 0.717) is 30.8 Å². The summed E-state index contributed by atoms with van der Waals surface area (Å²) < 4.78 is 17.0. The molecule has 1 aliphatic rings. The number of hydrogen-bond donors (Lipinski definition) is 0. The van der Waals surface area contributed by atoms with E-state index in [-0.39, 0.29) is 17.6 Å². The summed E-state index contributed by atoms with van der Waals surface area (Å²) in [5, 5.41) is 3.90. The van der Waals surface area contributed by atoms with Crippen LogP contribution < -0.4 is 0 Å². The first-order valence-corrected chi connectivity index (χ1v) is 7.95. The number of morpholine rings is 1. The van der Waals surface area contributed by atoms with Crippen LogP contribution in [0.5, 0.6) is 0 Å². The minimum Gasteiger partial charge on any atom is -0.444 e. The fraction of sp³-hybridized carbons (Fsp3) is 0.688. The molecule has 0 N–H and O–H groups in total. The Labute approximate surface area is 136 Å². The van der Waals surface area contributed by atoms with Gasteiger partial charge in [0.25, 0.3) is 0 Å². The van der Waals surface area contributed by atoms with Gasteiger partial charge in [0.2, 0.25) is 11.8 Å². The zero-order chi connectivity index (χ0) is 16.6. The summed E-state index contributed by atoms with van der Waals surface area (Å²) in [7, 11) is 0. The van der Waals surface area contributed by atoms with Crippen molar-refractivity contribution in [2.45, 2.75) is 58.7 Å². The van der Waals surface area contributed by atoms with Gasteiger partial charge in [-0.05, 0) is 13.8 Å². The maximum atomic E-state index is 5.92. The van der Waals surface area contributed by atoms with Crippen molar-refractivity contribution in [1.82, 2.24) is 20.0 Å². The third-order valence-corrected chi connectivity index (χ3v) is 4.02. The van der Waals surface area contributed by atoms with Crippen molar-refractivity contribution in [2.75, 3.05) is 13.2 Å². The van der Waals surface area contributed by atoms with Crippen LogP contribution in [-0.4, -0.2) is 39.3 Å². The minimum absolute atomic E-state index is 0.0272. The van der Waals surface area contributed by atoms with Crippen LogP contribution in [0.15, 0.2) is 15.1 Å². The molecule has 0 unspecified atom stereocenters. The van der Waals surface area contributed by atoms with E-state index in [1.165, 1.54) is 0 Å². The molecular weight excluding hydrogens is 296 g/mol. The van der Waals surface area contributed by atoms with E-state index in [1.54, 1.807) is 0 Å². The van der Waals surface area contributed by atoms with Gasteiger partial charge in [-0.2, -0.15) is 4.98 Å². The van der Waals surface area contributed by atoms with Crippen molar-refractivity contribution in [1.29, 1.82) is 0 Å². The summed E-state index contributed by atoms with van der Waals surface area (Å²) in [6.07, 6.45) is 1.78. The summed E-state index contributed by atoms with van der Waals surface area (Å²) in [6.45, 7) is 12.2. The fourth-order valence-corrected chi connectivity index (χ4v) is 2.75. The van der Waals surface area contributed by atoms with Crippen LogP contribution in [0.3, 0.4) is 0 Å².